The van der Waals surface area contributed by atoms with Crippen molar-refractivity contribution in [3.8, 4) is 0 Å². The van der Waals surface area contributed by atoms with Crippen molar-refractivity contribution < 1.29 is 58.0 Å². The van der Waals surface area contributed by atoms with Crippen LogP contribution in [0, 0.1) is 0 Å². The minimum atomic E-state index is -5.38. The summed E-state index contributed by atoms with van der Waals surface area (Å²) in [6, 6.07) is 0. The molecule has 0 aliphatic rings. The zero-order valence-electron chi connectivity index (χ0n) is 3.62. The Morgan fingerprint density at radius 1 is 0.625 bits per heavy atom. The van der Waals surface area contributed by atoms with Gasteiger partial charge in [0, 0.05) is 0 Å². The summed E-state index contributed by atoms with van der Waals surface area (Å²) in [4.78, 5) is 0. The van der Waals surface area contributed by atoms with E-state index in [1.54, 1.807) is 0 Å². The van der Waals surface area contributed by atoms with Crippen molar-refractivity contribution in [3.05, 3.63) is 0 Å². The molecule has 0 saturated carbocycles. The average Bonchev–Trinajstić information content (AvgIpc) is 0.592. The van der Waals surface area contributed by atoms with E-state index < -0.39 is 6.64 Å². The van der Waals surface area contributed by atoms with Crippen LogP contribution in [0.3, 0.4) is 0 Å². The predicted molar refractivity (Wildman–Crippen MR) is 35.1 cm³/mol. The Bertz CT molecular complexity index is 67.1. The molecule has 50 valence electrons. The van der Waals surface area contributed by atoms with Gasteiger partial charge in [0.05, 0.1) is 0 Å². The van der Waals surface area contributed by atoms with Crippen LogP contribution >= 0.6 is 57.8 Å². The van der Waals surface area contributed by atoms with Gasteiger partial charge in [0.1, 0.15) is 0 Å². The van der Waals surface area contributed by atoms with Gasteiger partial charge in [-0.15, -0.1) is 0 Å². The molecule has 0 bridgehead atoms. The Balaban J connectivity index is 0. The number of hydrogen-bond acceptors (Lipinski definition) is 0. The van der Waals surface area contributed by atoms with E-state index in [0.717, 1.165) is 0 Å². The van der Waals surface area contributed by atoms with Gasteiger partial charge in [-0.1, -0.05) is 0 Å². The molecule has 0 fully saturated rings. The molecule has 0 nitrogen and oxygen atoms in total. The third-order valence-corrected chi connectivity index (χ3v) is 0. The Morgan fingerprint density at radius 2 is 0.625 bits per heavy atom. The van der Waals surface area contributed by atoms with Gasteiger partial charge in [-0.05, 0) is 0 Å². The maximum absolute atomic E-state index is 5.38. The molecule has 0 aromatic carbocycles. The number of halogens is 6. The van der Waals surface area contributed by atoms with E-state index in [4.69, 9.17) is 57.8 Å². The molecular weight excluding hydrogens is 442 g/mol. The van der Waals surface area contributed by atoms with Crippen molar-refractivity contribution in [3.63, 3.8) is 0 Å². The van der Waals surface area contributed by atoms with Gasteiger partial charge in [-0.3, -0.25) is 0 Å². The molecule has 0 saturated heterocycles. The second kappa shape index (κ2) is 3.05. The molecule has 0 amide bonds. The summed E-state index contributed by atoms with van der Waals surface area (Å²) in [5.41, 5.74) is 0. The first kappa shape index (κ1) is 14.5. The molecular formula is Cl6KOs+. The Morgan fingerprint density at radius 3 is 0.625 bits per heavy atom. The fourth-order valence-electron chi connectivity index (χ4n) is 0. The second-order valence-electron chi connectivity index (χ2n) is 0.758. The zero-order valence-corrected chi connectivity index (χ0v) is 13.8. The molecule has 0 N–H and O–H groups in total. The summed E-state index contributed by atoms with van der Waals surface area (Å²) >= 11 is 0. The maximum Gasteiger partial charge on any atom is 1.00 e. The van der Waals surface area contributed by atoms with Gasteiger partial charge >= 0.3 is 116 Å². The molecule has 0 heterocycles. The van der Waals surface area contributed by atoms with Gasteiger partial charge in [-0.25, -0.2) is 0 Å². The monoisotopic (exact) mass is 441 g/mol. The van der Waals surface area contributed by atoms with Crippen LogP contribution in [0.25, 0.3) is 0 Å². The molecule has 0 atom stereocenters. The first-order valence-electron chi connectivity index (χ1n) is 0.802. The van der Waals surface area contributed by atoms with Crippen LogP contribution in [0.1, 0.15) is 0 Å². The predicted octanol–water partition coefficient (Wildman–Crippen LogP) is 1.14. The fraction of sp³-hybridized carbons (Fsp3) is 0. The van der Waals surface area contributed by atoms with E-state index in [0.29, 0.717) is 0 Å². The van der Waals surface area contributed by atoms with E-state index in [1.165, 1.54) is 0 Å². The van der Waals surface area contributed by atoms with Crippen LogP contribution < -0.4 is 51.4 Å². The zero-order chi connectivity index (χ0) is 6.41. The molecule has 0 spiro atoms. The van der Waals surface area contributed by atoms with Crippen LogP contribution in [0.5, 0.6) is 0 Å². The minimum absolute atomic E-state index is 0. The normalized spacial score (nSPS) is 20.2. The summed E-state index contributed by atoms with van der Waals surface area (Å²) in [5.74, 6) is 0. The molecule has 8 heavy (non-hydrogen) atoms. The molecule has 0 radical (unpaired) electrons. The second-order valence-corrected chi connectivity index (χ2v) is 55.8. The quantitative estimate of drug-likeness (QED) is 0.494. The van der Waals surface area contributed by atoms with Crippen molar-refractivity contribution in [1.29, 1.82) is 0 Å². The SMILES string of the molecule is [Cl][Os]([Cl])([Cl])([Cl])([Cl])[Cl].[K+]. The van der Waals surface area contributed by atoms with Gasteiger partial charge in [-0.2, -0.15) is 0 Å². The van der Waals surface area contributed by atoms with Crippen LogP contribution in [-0.2, 0) is 6.64 Å². The van der Waals surface area contributed by atoms with Gasteiger partial charge in [0.25, 0.3) is 0 Å². The number of rotatable bonds is 0. The van der Waals surface area contributed by atoms with Crippen molar-refractivity contribution in [1.82, 2.24) is 0 Å². The molecule has 8 heteroatoms. The topological polar surface area (TPSA) is 0 Å². The van der Waals surface area contributed by atoms with Crippen LogP contribution in [0.2, 0.25) is 0 Å². The average molecular weight is 442 g/mol. The molecule has 0 unspecified atom stereocenters. The van der Waals surface area contributed by atoms with Gasteiger partial charge in [0.15, 0.2) is 0 Å². The fourth-order valence-corrected chi connectivity index (χ4v) is 0. The van der Waals surface area contributed by atoms with E-state index in [-0.39, 0.29) is 51.4 Å². The van der Waals surface area contributed by atoms with Gasteiger partial charge in [0.2, 0.25) is 0 Å². The summed E-state index contributed by atoms with van der Waals surface area (Å²) in [7, 11) is 30.4. The first-order valence-corrected chi connectivity index (χ1v) is 19.7. The standard InChI is InChI=1S/6ClH.K.Os/h6*1H;;/q;;;;;;+1;+6/p-6. The third kappa shape index (κ3) is 50.5. The largest absolute Gasteiger partial charge is 1.00 e. The molecule has 0 rings (SSSR count). The van der Waals surface area contributed by atoms with Crippen molar-refractivity contribution in [2.45, 2.75) is 0 Å². The van der Waals surface area contributed by atoms with Crippen LogP contribution in [-0.4, -0.2) is 0 Å². The van der Waals surface area contributed by atoms with Crippen molar-refractivity contribution in [2.24, 2.45) is 0 Å². The summed E-state index contributed by atoms with van der Waals surface area (Å²) in [6.07, 6.45) is 0. The first-order chi connectivity index (χ1) is 2.45. The Kier molecular flexibility index (Phi) is 5.55. The maximum atomic E-state index is 5.06. The smallest absolute Gasteiger partial charge is 1.00 e. The molecule has 0 aliphatic heterocycles. The minimum Gasteiger partial charge on any atom is 1.00 e. The Hall–Kier alpha value is 4.01. The van der Waals surface area contributed by atoms with Crippen LogP contribution in [0.15, 0.2) is 0 Å². The van der Waals surface area contributed by atoms with Crippen LogP contribution in [0.4, 0.5) is 0 Å². The summed E-state index contributed by atoms with van der Waals surface area (Å²) in [5, 5.41) is 0. The van der Waals surface area contributed by atoms with E-state index >= 15 is 0 Å². The third-order valence-electron chi connectivity index (χ3n) is 0. The summed E-state index contributed by atoms with van der Waals surface area (Å²) < 4.78 is 0. The molecule has 0 aromatic heterocycles. The van der Waals surface area contributed by atoms with E-state index in [2.05, 4.69) is 0 Å². The van der Waals surface area contributed by atoms with Gasteiger partial charge < -0.3 is 0 Å². The molecule has 0 aliphatic carbocycles. The molecule has 0 aromatic rings. The Labute approximate surface area is 113 Å². The van der Waals surface area contributed by atoms with Crippen molar-refractivity contribution >= 4 is 57.8 Å². The summed E-state index contributed by atoms with van der Waals surface area (Å²) in [6.45, 7) is -5.38. The van der Waals surface area contributed by atoms with Crippen molar-refractivity contribution in [2.75, 3.05) is 0 Å². The van der Waals surface area contributed by atoms with E-state index in [1.807, 2.05) is 0 Å². The number of hydrogen-bond donors (Lipinski definition) is 0. The van der Waals surface area contributed by atoms with E-state index in [9.17, 15) is 0 Å².